The minimum Gasteiger partial charge on any atom is -0.505 e. The Kier molecular flexibility index (Phi) is 12.0. The van der Waals surface area contributed by atoms with E-state index in [0.717, 1.165) is 19.3 Å². The van der Waals surface area contributed by atoms with Crippen LogP contribution in [0, 0.1) is 5.92 Å². The van der Waals surface area contributed by atoms with E-state index < -0.39 is 0 Å². The van der Waals surface area contributed by atoms with Crippen molar-refractivity contribution in [3.05, 3.63) is 11.8 Å². The van der Waals surface area contributed by atoms with Crippen LogP contribution in [0.1, 0.15) is 110 Å². The normalized spacial score (nSPS) is 27.8. The van der Waals surface area contributed by atoms with E-state index in [1.165, 1.54) is 77.0 Å². The molecule has 1 N–H and O–H groups in total. The van der Waals surface area contributed by atoms with Crippen LogP contribution in [-0.2, 0) is 4.79 Å². The first-order valence-corrected chi connectivity index (χ1v) is 10.1. The summed E-state index contributed by atoms with van der Waals surface area (Å²) in [7, 11) is 0. The minimum atomic E-state index is -0.0637. The Morgan fingerprint density at radius 1 is 0.739 bits per heavy atom. The molecule has 0 heterocycles. The molecule has 0 fully saturated rings. The zero-order valence-electron chi connectivity index (χ0n) is 15.3. The molecule has 1 rings (SSSR count). The monoisotopic (exact) mass is 322 g/mol. The van der Waals surface area contributed by atoms with Crippen molar-refractivity contribution in [3.63, 3.8) is 0 Å². The Bertz CT molecular complexity index is 333. The van der Waals surface area contributed by atoms with Crippen LogP contribution in [-0.4, -0.2) is 10.9 Å². The molecular formula is C21H38O2. The first-order valence-electron chi connectivity index (χ1n) is 10.1. The van der Waals surface area contributed by atoms with Gasteiger partial charge in [-0.25, -0.2) is 0 Å². The number of allylic oxidation sites excluding steroid dienone is 2. The fraction of sp³-hybridized carbons (Fsp3) is 0.857. The Hall–Kier alpha value is -0.790. The third-order valence-electron chi connectivity index (χ3n) is 5.04. The number of ketones is 1. The maximum Gasteiger partial charge on any atom is 0.196 e. The van der Waals surface area contributed by atoms with Crippen LogP contribution in [0.5, 0.6) is 0 Å². The Labute approximate surface area is 143 Å². The van der Waals surface area contributed by atoms with Crippen molar-refractivity contribution < 1.29 is 9.90 Å². The molecular weight excluding hydrogens is 284 g/mol. The van der Waals surface area contributed by atoms with Gasteiger partial charge in [0.15, 0.2) is 11.5 Å². The van der Waals surface area contributed by atoms with Crippen molar-refractivity contribution in [2.75, 3.05) is 0 Å². The maximum atomic E-state index is 11.9. The summed E-state index contributed by atoms with van der Waals surface area (Å²) in [5, 5.41) is 9.92. The molecule has 0 amide bonds. The molecule has 0 aliphatic heterocycles. The lowest BCUT2D eigenvalue weighted by Gasteiger charge is -2.08. The number of rotatable bonds is 0. The quantitative estimate of drug-likeness (QED) is 0.527. The summed E-state index contributed by atoms with van der Waals surface area (Å²) in [6.07, 6.45) is 21.5. The topological polar surface area (TPSA) is 37.3 Å². The molecule has 134 valence electrons. The van der Waals surface area contributed by atoms with Gasteiger partial charge in [0.25, 0.3) is 0 Å². The average molecular weight is 323 g/mol. The van der Waals surface area contributed by atoms with Gasteiger partial charge in [-0.05, 0) is 24.8 Å². The number of carbonyl (C=O) groups excluding carboxylic acids is 1. The average Bonchev–Trinajstić information content (AvgIpc) is 2.53. The van der Waals surface area contributed by atoms with Gasteiger partial charge >= 0.3 is 0 Å². The molecule has 0 spiro atoms. The van der Waals surface area contributed by atoms with Gasteiger partial charge in [-0.15, -0.1) is 0 Å². The van der Waals surface area contributed by atoms with E-state index in [1.807, 2.05) is 0 Å². The molecule has 0 saturated heterocycles. The van der Waals surface area contributed by atoms with Crippen LogP contribution in [0.25, 0.3) is 0 Å². The van der Waals surface area contributed by atoms with Crippen LogP contribution in [0.15, 0.2) is 11.8 Å². The lowest BCUT2D eigenvalue weighted by Crippen LogP contribution is -2.04. The van der Waals surface area contributed by atoms with Crippen LogP contribution in [0.4, 0.5) is 0 Å². The van der Waals surface area contributed by atoms with Gasteiger partial charge in [0.1, 0.15) is 0 Å². The highest BCUT2D eigenvalue weighted by Gasteiger charge is 2.09. The number of hydrogen-bond donors (Lipinski definition) is 1. The molecule has 0 aromatic carbocycles. The van der Waals surface area contributed by atoms with Gasteiger partial charge in [0.05, 0.1) is 0 Å². The molecule has 2 heteroatoms. The van der Waals surface area contributed by atoms with E-state index in [4.69, 9.17) is 0 Å². The zero-order chi connectivity index (χ0) is 16.8. The van der Waals surface area contributed by atoms with Gasteiger partial charge in [0.2, 0.25) is 0 Å². The van der Waals surface area contributed by atoms with Crippen molar-refractivity contribution >= 4 is 5.78 Å². The summed E-state index contributed by atoms with van der Waals surface area (Å²) in [5.41, 5.74) is 0. The van der Waals surface area contributed by atoms with Crippen LogP contribution in [0.2, 0.25) is 0 Å². The lowest BCUT2D eigenvalue weighted by atomic mass is 9.99. The summed E-state index contributed by atoms with van der Waals surface area (Å²) in [4.78, 5) is 11.9. The summed E-state index contributed by atoms with van der Waals surface area (Å²) < 4.78 is 0. The second kappa shape index (κ2) is 13.6. The molecule has 0 radical (unpaired) electrons. The summed E-state index contributed by atoms with van der Waals surface area (Å²) in [5.74, 6) is 0.253. The number of hydrogen-bond acceptors (Lipinski definition) is 2. The molecule has 0 aromatic heterocycles. The smallest absolute Gasteiger partial charge is 0.196 e. The molecule has 1 atom stereocenters. The first kappa shape index (κ1) is 20.3. The van der Waals surface area contributed by atoms with E-state index >= 15 is 0 Å². The third kappa shape index (κ3) is 11.4. The fourth-order valence-corrected chi connectivity index (χ4v) is 3.45. The summed E-state index contributed by atoms with van der Waals surface area (Å²) in [6.45, 7) is 2.11. The molecule has 1 aliphatic carbocycles. The number of aliphatic hydroxyl groups excluding tert-OH is 1. The second-order valence-electron chi connectivity index (χ2n) is 7.44. The Morgan fingerprint density at radius 3 is 1.61 bits per heavy atom. The van der Waals surface area contributed by atoms with Gasteiger partial charge in [-0.1, -0.05) is 90.4 Å². The highest BCUT2D eigenvalue weighted by atomic mass is 16.3. The Balaban J connectivity index is 2.35. The highest BCUT2D eigenvalue weighted by Crippen LogP contribution is 2.17. The summed E-state index contributed by atoms with van der Waals surface area (Å²) >= 11 is 0. The van der Waals surface area contributed by atoms with Crippen LogP contribution >= 0.6 is 0 Å². The lowest BCUT2D eigenvalue weighted by molar-refractivity contribution is -0.118. The predicted molar refractivity (Wildman–Crippen MR) is 98.8 cm³/mol. The third-order valence-corrected chi connectivity index (χ3v) is 5.04. The fourth-order valence-electron chi connectivity index (χ4n) is 3.45. The van der Waals surface area contributed by atoms with Gasteiger partial charge in [-0.2, -0.15) is 0 Å². The van der Waals surface area contributed by atoms with E-state index in [2.05, 4.69) is 6.92 Å². The van der Waals surface area contributed by atoms with Crippen molar-refractivity contribution in [2.24, 2.45) is 5.92 Å². The van der Waals surface area contributed by atoms with E-state index in [0.29, 0.717) is 12.3 Å². The number of carbonyl (C=O) groups is 1. The summed E-state index contributed by atoms with van der Waals surface area (Å²) in [6, 6.07) is 0. The standard InChI is InChI=1S/C21H38O2/c1-19-16-14-12-10-8-6-4-2-3-5-7-9-11-13-15-17-20(22)21(23)18-19/h18-19,23H,2-17H2,1H3/b21-18-. The second-order valence-corrected chi connectivity index (χ2v) is 7.44. The first-order chi connectivity index (χ1) is 11.2. The largest absolute Gasteiger partial charge is 0.505 e. The van der Waals surface area contributed by atoms with Crippen molar-refractivity contribution in [1.29, 1.82) is 0 Å². The molecule has 2 nitrogen and oxygen atoms in total. The van der Waals surface area contributed by atoms with Gasteiger partial charge in [0, 0.05) is 6.42 Å². The van der Waals surface area contributed by atoms with Crippen molar-refractivity contribution in [3.8, 4) is 0 Å². The molecule has 23 heavy (non-hydrogen) atoms. The SMILES string of the molecule is CC1/C=C(\O)C(=O)CCCCCCCCCCCCCCCC1. The van der Waals surface area contributed by atoms with E-state index in [9.17, 15) is 9.90 Å². The van der Waals surface area contributed by atoms with Gasteiger partial charge in [-0.3, -0.25) is 4.79 Å². The minimum absolute atomic E-state index is 0.00639. The molecule has 0 saturated carbocycles. The Morgan fingerprint density at radius 2 is 1.13 bits per heavy atom. The predicted octanol–water partition coefficient (Wildman–Crippen LogP) is 6.89. The van der Waals surface area contributed by atoms with Crippen molar-refractivity contribution in [2.45, 2.75) is 110 Å². The highest BCUT2D eigenvalue weighted by molar-refractivity contribution is 5.92. The maximum absolute atomic E-state index is 11.9. The zero-order valence-corrected chi connectivity index (χ0v) is 15.3. The van der Waals surface area contributed by atoms with Crippen molar-refractivity contribution in [1.82, 2.24) is 0 Å². The number of aliphatic hydroxyl groups is 1. The molecule has 1 unspecified atom stereocenters. The van der Waals surface area contributed by atoms with E-state index in [-0.39, 0.29) is 11.5 Å². The molecule has 0 bridgehead atoms. The number of Topliss-reactive ketones (excluding diaryl/α,β-unsaturated/α-hetero) is 1. The van der Waals surface area contributed by atoms with Crippen LogP contribution in [0.3, 0.4) is 0 Å². The van der Waals surface area contributed by atoms with Gasteiger partial charge < -0.3 is 5.11 Å². The molecule has 1 aliphatic rings. The molecule has 0 aromatic rings. The van der Waals surface area contributed by atoms with E-state index in [1.54, 1.807) is 6.08 Å². The van der Waals surface area contributed by atoms with Crippen LogP contribution < -0.4 is 0 Å².